The molecule has 136 valence electrons. The minimum atomic E-state index is -0.362. The highest BCUT2D eigenvalue weighted by Crippen LogP contribution is 2.51. The van der Waals surface area contributed by atoms with Gasteiger partial charge in [0.25, 0.3) is 0 Å². The van der Waals surface area contributed by atoms with Crippen LogP contribution < -0.4 is 4.74 Å². The molecule has 3 nitrogen and oxygen atoms in total. The number of hydrazone groups is 1. The lowest BCUT2D eigenvalue weighted by Gasteiger charge is -2.38. The average Bonchev–Trinajstić information content (AvgIpc) is 3.32. The highest BCUT2D eigenvalue weighted by atomic mass is 35.5. The zero-order valence-corrected chi connectivity index (χ0v) is 16.2. The van der Waals surface area contributed by atoms with Crippen LogP contribution in [0.3, 0.4) is 0 Å². The van der Waals surface area contributed by atoms with Gasteiger partial charge in [0.15, 0.2) is 0 Å². The molecule has 0 radical (unpaired) electrons. The highest BCUT2D eigenvalue weighted by molar-refractivity contribution is 7.10. The minimum absolute atomic E-state index is 0.0443. The van der Waals surface area contributed by atoms with Crippen LogP contribution in [0.4, 0.5) is 4.39 Å². The number of hydrogen-bond donors (Lipinski definition) is 0. The number of thiophene rings is 1. The summed E-state index contributed by atoms with van der Waals surface area (Å²) in [5, 5.41) is 9.85. The molecule has 2 aliphatic heterocycles. The second-order valence-corrected chi connectivity index (χ2v) is 8.27. The summed E-state index contributed by atoms with van der Waals surface area (Å²) in [5.41, 5.74) is 2.70. The summed E-state index contributed by atoms with van der Waals surface area (Å²) in [5.74, 6) is 0.384. The Labute approximate surface area is 169 Å². The number of halogens is 3. The third-order valence-corrected chi connectivity index (χ3v) is 6.17. The first-order valence-corrected chi connectivity index (χ1v) is 10.0. The first kappa shape index (κ1) is 17.0. The molecule has 3 heterocycles. The molecule has 0 saturated carbocycles. The number of benzene rings is 2. The molecule has 0 fully saturated rings. The van der Waals surface area contributed by atoms with Gasteiger partial charge < -0.3 is 4.74 Å². The average molecular weight is 419 g/mol. The number of rotatable bonds is 2. The maximum atomic E-state index is 13.3. The summed E-state index contributed by atoms with van der Waals surface area (Å²) < 4.78 is 19.6. The number of nitrogens with zero attached hydrogens (tertiary/aromatic N) is 2. The Bertz CT molecular complexity index is 1040. The maximum Gasteiger partial charge on any atom is 0.223 e. The fraction of sp³-hybridized carbons (Fsp3) is 0.150. The van der Waals surface area contributed by atoms with Gasteiger partial charge in [0.1, 0.15) is 11.6 Å². The lowest BCUT2D eigenvalue weighted by atomic mass is 9.96. The SMILES string of the molecule is Fc1ccc(C2=NN3[C@H](C2)c2cc(Cl)cc(Cl)c2O[C@H]3c2cccs2)cc1. The predicted molar refractivity (Wildman–Crippen MR) is 106 cm³/mol. The van der Waals surface area contributed by atoms with Crippen LogP contribution in [0, 0.1) is 5.82 Å². The summed E-state index contributed by atoms with van der Waals surface area (Å²) in [7, 11) is 0. The van der Waals surface area contributed by atoms with Gasteiger partial charge in [-0.1, -0.05) is 41.4 Å². The first-order chi connectivity index (χ1) is 13.1. The van der Waals surface area contributed by atoms with E-state index in [4.69, 9.17) is 33.0 Å². The molecule has 0 amide bonds. The van der Waals surface area contributed by atoms with Gasteiger partial charge in [-0.15, -0.1) is 11.3 Å². The Balaban J connectivity index is 1.62. The van der Waals surface area contributed by atoms with Crippen molar-refractivity contribution in [3.8, 4) is 5.75 Å². The Kier molecular flexibility index (Phi) is 4.11. The van der Waals surface area contributed by atoms with Gasteiger partial charge >= 0.3 is 0 Å². The summed E-state index contributed by atoms with van der Waals surface area (Å²) in [6.45, 7) is 0. The van der Waals surface area contributed by atoms with Crippen molar-refractivity contribution in [2.24, 2.45) is 5.10 Å². The van der Waals surface area contributed by atoms with E-state index in [1.54, 1.807) is 29.5 Å². The van der Waals surface area contributed by atoms with Crippen molar-refractivity contribution in [2.45, 2.75) is 18.7 Å². The second kappa shape index (κ2) is 6.51. The molecule has 0 spiro atoms. The van der Waals surface area contributed by atoms with Crippen molar-refractivity contribution in [1.82, 2.24) is 5.01 Å². The van der Waals surface area contributed by atoms with E-state index in [9.17, 15) is 4.39 Å². The van der Waals surface area contributed by atoms with Crippen LogP contribution in [0.15, 0.2) is 59.0 Å². The number of fused-ring (bicyclic) bond motifs is 3. The van der Waals surface area contributed by atoms with Crippen molar-refractivity contribution in [2.75, 3.05) is 0 Å². The van der Waals surface area contributed by atoms with E-state index in [0.29, 0.717) is 22.2 Å². The Morgan fingerprint density at radius 2 is 1.96 bits per heavy atom. The van der Waals surface area contributed by atoms with Gasteiger partial charge in [0.05, 0.1) is 21.7 Å². The quantitative estimate of drug-likeness (QED) is 0.478. The molecule has 2 aromatic carbocycles. The first-order valence-electron chi connectivity index (χ1n) is 8.41. The van der Waals surface area contributed by atoms with Crippen LogP contribution in [0.5, 0.6) is 5.75 Å². The van der Waals surface area contributed by atoms with Gasteiger partial charge in [-0.2, -0.15) is 5.10 Å². The largest absolute Gasteiger partial charge is 0.462 e. The molecule has 0 saturated heterocycles. The van der Waals surface area contributed by atoms with Crippen LogP contribution >= 0.6 is 34.5 Å². The van der Waals surface area contributed by atoms with Crippen molar-refractivity contribution in [3.63, 3.8) is 0 Å². The Hall–Kier alpha value is -2.08. The fourth-order valence-corrected chi connectivity index (χ4v) is 4.85. The minimum Gasteiger partial charge on any atom is -0.462 e. The highest BCUT2D eigenvalue weighted by Gasteiger charge is 2.42. The molecule has 0 aliphatic carbocycles. The molecule has 2 aliphatic rings. The Morgan fingerprint density at radius 3 is 2.70 bits per heavy atom. The Morgan fingerprint density at radius 1 is 1.15 bits per heavy atom. The standard InChI is InChI=1S/C20H13Cl2FN2OS/c21-12-8-14-17-10-16(11-3-5-13(23)6-4-11)24-25(17)20(18-2-1-7-27-18)26-19(14)15(22)9-12/h1-9,17,20H,10H2/t17-,20+/m1/s1. The molecule has 7 heteroatoms. The molecule has 0 N–H and O–H groups in total. The van der Waals surface area contributed by atoms with E-state index < -0.39 is 0 Å². The van der Waals surface area contributed by atoms with E-state index >= 15 is 0 Å². The third kappa shape index (κ3) is 2.90. The van der Waals surface area contributed by atoms with E-state index in [-0.39, 0.29) is 18.1 Å². The van der Waals surface area contributed by atoms with Crippen LogP contribution in [0.25, 0.3) is 0 Å². The summed E-state index contributed by atoms with van der Waals surface area (Å²) in [6.07, 6.45) is 0.305. The normalized spacial score (nSPS) is 20.7. The molecular weight excluding hydrogens is 406 g/mol. The summed E-state index contributed by atoms with van der Waals surface area (Å²) in [6, 6.07) is 13.9. The molecule has 3 aromatic rings. The zero-order chi connectivity index (χ0) is 18.5. The number of ether oxygens (including phenoxy) is 1. The van der Waals surface area contributed by atoms with E-state index in [1.165, 1.54) is 12.1 Å². The van der Waals surface area contributed by atoms with Crippen molar-refractivity contribution < 1.29 is 9.13 Å². The molecule has 1 aromatic heterocycles. The van der Waals surface area contributed by atoms with Crippen molar-refractivity contribution in [1.29, 1.82) is 0 Å². The fourth-order valence-electron chi connectivity index (χ4n) is 3.55. The predicted octanol–water partition coefficient (Wildman–Crippen LogP) is 6.44. The molecule has 0 bridgehead atoms. The summed E-state index contributed by atoms with van der Waals surface area (Å²) >= 11 is 14.3. The van der Waals surface area contributed by atoms with E-state index in [0.717, 1.165) is 21.7 Å². The van der Waals surface area contributed by atoms with Gasteiger partial charge in [0, 0.05) is 17.0 Å². The molecule has 0 unspecified atom stereocenters. The van der Waals surface area contributed by atoms with Crippen LogP contribution in [-0.4, -0.2) is 10.7 Å². The van der Waals surface area contributed by atoms with Crippen LogP contribution in [0.2, 0.25) is 10.0 Å². The second-order valence-electron chi connectivity index (χ2n) is 6.45. The lowest BCUT2D eigenvalue weighted by molar-refractivity contribution is -0.0165. The van der Waals surface area contributed by atoms with E-state index in [1.807, 2.05) is 28.6 Å². The van der Waals surface area contributed by atoms with Gasteiger partial charge in [-0.3, -0.25) is 0 Å². The van der Waals surface area contributed by atoms with Gasteiger partial charge in [-0.25, -0.2) is 9.40 Å². The summed E-state index contributed by atoms with van der Waals surface area (Å²) in [4.78, 5) is 1.04. The maximum absolute atomic E-state index is 13.3. The lowest BCUT2D eigenvalue weighted by Crippen LogP contribution is -2.33. The van der Waals surface area contributed by atoms with Gasteiger partial charge in [-0.05, 0) is 41.3 Å². The monoisotopic (exact) mass is 418 g/mol. The third-order valence-electron chi connectivity index (χ3n) is 4.77. The van der Waals surface area contributed by atoms with Crippen molar-refractivity contribution >= 4 is 40.3 Å². The van der Waals surface area contributed by atoms with Crippen LogP contribution in [0.1, 0.15) is 34.7 Å². The molecular formula is C20H13Cl2FN2OS. The van der Waals surface area contributed by atoms with Gasteiger partial charge in [0.2, 0.25) is 6.23 Å². The zero-order valence-electron chi connectivity index (χ0n) is 13.9. The smallest absolute Gasteiger partial charge is 0.223 e. The molecule has 5 rings (SSSR count). The van der Waals surface area contributed by atoms with E-state index in [2.05, 4.69) is 0 Å². The molecule has 2 atom stereocenters. The molecule has 27 heavy (non-hydrogen) atoms. The van der Waals surface area contributed by atoms with Crippen LogP contribution in [-0.2, 0) is 0 Å². The number of hydrogen-bond acceptors (Lipinski definition) is 4. The van der Waals surface area contributed by atoms with Crippen molar-refractivity contribution in [3.05, 3.63) is 85.8 Å². The topological polar surface area (TPSA) is 24.8 Å².